The second-order valence-corrected chi connectivity index (χ2v) is 3.68. The molecule has 1 aromatic carbocycles. The fraction of sp³-hybridized carbons (Fsp3) is 0.455. The number of rotatable bonds is 4. The summed E-state index contributed by atoms with van der Waals surface area (Å²) in [6.07, 6.45) is 0. The zero-order valence-electron chi connectivity index (χ0n) is 8.88. The van der Waals surface area contributed by atoms with Crippen LogP contribution in [0.15, 0.2) is 18.2 Å². The fourth-order valence-electron chi connectivity index (χ4n) is 1.39. The van der Waals surface area contributed by atoms with Crippen LogP contribution in [-0.2, 0) is 6.54 Å². The predicted molar refractivity (Wildman–Crippen MR) is 59.9 cm³/mol. The van der Waals surface area contributed by atoms with E-state index < -0.39 is 0 Å². The van der Waals surface area contributed by atoms with E-state index in [1.165, 1.54) is 5.56 Å². The van der Waals surface area contributed by atoms with Gasteiger partial charge in [-0.05, 0) is 31.2 Å². The van der Waals surface area contributed by atoms with Crippen molar-refractivity contribution in [1.29, 1.82) is 0 Å². The molecular formula is C11H16ClNO. The number of nitrogens with zero attached hydrogens (tertiary/aromatic N) is 1. The van der Waals surface area contributed by atoms with Crippen molar-refractivity contribution < 1.29 is 4.74 Å². The van der Waals surface area contributed by atoms with Crippen molar-refractivity contribution in [3.63, 3.8) is 0 Å². The molecule has 0 aliphatic carbocycles. The molecule has 0 saturated heterocycles. The Labute approximate surface area is 90.4 Å². The van der Waals surface area contributed by atoms with Gasteiger partial charge in [-0.15, -0.1) is 11.6 Å². The second-order valence-electron chi connectivity index (χ2n) is 3.44. The van der Waals surface area contributed by atoms with Crippen LogP contribution in [0.3, 0.4) is 0 Å². The van der Waals surface area contributed by atoms with Crippen LogP contribution < -0.4 is 4.74 Å². The molecule has 0 fully saturated rings. The van der Waals surface area contributed by atoms with E-state index in [1.807, 2.05) is 24.9 Å². The molecule has 78 valence electrons. The Morgan fingerprint density at radius 1 is 1.43 bits per heavy atom. The minimum atomic E-state index is 0.547. The number of methoxy groups -OCH3 is 1. The molecule has 1 rings (SSSR count). The second kappa shape index (κ2) is 5.23. The maximum absolute atomic E-state index is 5.70. The molecule has 3 heteroatoms. The molecule has 0 atom stereocenters. The average molecular weight is 214 g/mol. The lowest BCUT2D eigenvalue weighted by Crippen LogP contribution is -2.15. The maximum Gasteiger partial charge on any atom is 0.121 e. The number of hydrogen-bond acceptors (Lipinski definition) is 2. The molecule has 2 nitrogen and oxygen atoms in total. The van der Waals surface area contributed by atoms with E-state index in [4.69, 9.17) is 16.3 Å². The molecule has 14 heavy (non-hydrogen) atoms. The van der Waals surface area contributed by atoms with E-state index in [0.29, 0.717) is 6.00 Å². The molecule has 0 bridgehead atoms. The van der Waals surface area contributed by atoms with Crippen molar-refractivity contribution in [3.8, 4) is 5.75 Å². The third-order valence-electron chi connectivity index (χ3n) is 2.12. The summed E-state index contributed by atoms with van der Waals surface area (Å²) in [5.74, 6) is 0.933. The Hall–Kier alpha value is -0.730. The van der Waals surface area contributed by atoms with Crippen molar-refractivity contribution >= 4 is 11.6 Å². The number of alkyl halides is 1. The Morgan fingerprint density at radius 3 is 2.64 bits per heavy atom. The van der Waals surface area contributed by atoms with E-state index in [1.54, 1.807) is 7.11 Å². The SMILES string of the molecule is COc1ccc(CN(C)CCl)cc1C. The smallest absolute Gasteiger partial charge is 0.121 e. The van der Waals surface area contributed by atoms with Crippen molar-refractivity contribution in [1.82, 2.24) is 4.90 Å². The van der Waals surface area contributed by atoms with E-state index >= 15 is 0 Å². The highest BCUT2D eigenvalue weighted by Gasteiger charge is 2.02. The quantitative estimate of drug-likeness (QED) is 0.563. The molecule has 0 unspecified atom stereocenters. The van der Waals surface area contributed by atoms with Gasteiger partial charge in [0.2, 0.25) is 0 Å². The van der Waals surface area contributed by atoms with E-state index in [2.05, 4.69) is 12.1 Å². The van der Waals surface area contributed by atoms with Crippen molar-refractivity contribution in [2.24, 2.45) is 0 Å². The van der Waals surface area contributed by atoms with Crippen LogP contribution in [0, 0.1) is 6.92 Å². The third-order valence-corrected chi connectivity index (χ3v) is 2.52. The van der Waals surface area contributed by atoms with Crippen LogP contribution in [0.25, 0.3) is 0 Å². The lowest BCUT2D eigenvalue weighted by atomic mass is 10.1. The third kappa shape index (κ3) is 2.89. The van der Waals surface area contributed by atoms with E-state index in [-0.39, 0.29) is 0 Å². The first-order valence-corrected chi connectivity index (χ1v) is 5.09. The van der Waals surface area contributed by atoms with Gasteiger partial charge in [0.25, 0.3) is 0 Å². The molecule has 0 aliphatic rings. The summed E-state index contributed by atoms with van der Waals surface area (Å²) in [7, 11) is 3.68. The Balaban J connectivity index is 2.76. The lowest BCUT2D eigenvalue weighted by molar-refractivity contribution is 0.381. The number of benzene rings is 1. The summed E-state index contributed by atoms with van der Waals surface area (Å²) in [6.45, 7) is 2.91. The van der Waals surface area contributed by atoms with Crippen LogP contribution >= 0.6 is 11.6 Å². The molecule has 0 N–H and O–H groups in total. The molecular weight excluding hydrogens is 198 g/mol. The molecule has 1 aromatic rings. The number of aryl methyl sites for hydroxylation is 1. The molecule has 0 radical (unpaired) electrons. The van der Waals surface area contributed by atoms with Crippen molar-refractivity contribution in [2.75, 3.05) is 20.2 Å². The van der Waals surface area contributed by atoms with Gasteiger partial charge in [-0.1, -0.05) is 12.1 Å². The Morgan fingerprint density at radius 2 is 2.14 bits per heavy atom. The number of ether oxygens (including phenoxy) is 1. The highest BCUT2D eigenvalue weighted by molar-refractivity contribution is 6.17. The molecule has 0 aromatic heterocycles. The first-order chi connectivity index (χ1) is 6.67. The van der Waals surface area contributed by atoms with Gasteiger partial charge in [0.15, 0.2) is 0 Å². The summed E-state index contributed by atoms with van der Waals surface area (Å²) in [4.78, 5) is 2.04. The van der Waals surface area contributed by atoms with Gasteiger partial charge in [0, 0.05) is 6.54 Å². The first kappa shape index (κ1) is 11.3. The van der Waals surface area contributed by atoms with E-state index in [0.717, 1.165) is 17.9 Å². The van der Waals surface area contributed by atoms with Gasteiger partial charge in [0.1, 0.15) is 5.75 Å². The van der Waals surface area contributed by atoms with Crippen molar-refractivity contribution in [3.05, 3.63) is 29.3 Å². The summed E-state index contributed by atoms with van der Waals surface area (Å²) in [6, 6.07) is 6.73. The van der Waals surface area contributed by atoms with Crippen molar-refractivity contribution in [2.45, 2.75) is 13.5 Å². The van der Waals surface area contributed by atoms with Gasteiger partial charge >= 0.3 is 0 Å². The van der Waals surface area contributed by atoms with Gasteiger partial charge in [-0.2, -0.15) is 0 Å². The Kier molecular flexibility index (Phi) is 4.23. The standard InChI is InChI=1S/C11H16ClNO/c1-9-6-10(7-13(2)8-12)4-5-11(9)14-3/h4-6H,7-8H2,1-3H3. The van der Waals surface area contributed by atoms with Gasteiger partial charge < -0.3 is 4.74 Å². The number of halogens is 1. The highest BCUT2D eigenvalue weighted by atomic mass is 35.5. The first-order valence-electron chi connectivity index (χ1n) is 4.55. The Bertz CT molecular complexity index is 301. The normalized spacial score (nSPS) is 10.6. The zero-order chi connectivity index (χ0) is 10.6. The minimum Gasteiger partial charge on any atom is -0.496 e. The lowest BCUT2D eigenvalue weighted by Gasteiger charge is -2.13. The van der Waals surface area contributed by atoms with Gasteiger partial charge in [0.05, 0.1) is 13.1 Å². The van der Waals surface area contributed by atoms with Gasteiger partial charge in [-0.25, -0.2) is 0 Å². The largest absolute Gasteiger partial charge is 0.496 e. The number of hydrogen-bond donors (Lipinski definition) is 0. The summed E-state index contributed by atoms with van der Waals surface area (Å²) < 4.78 is 5.19. The average Bonchev–Trinajstić information content (AvgIpc) is 2.18. The van der Waals surface area contributed by atoms with Crippen LogP contribution in [0.4, 0.5) is 0 Å². The highest BCUT2D eigenvalue weighted by Crippen LogP contribution is 2.19. The summed E-state index contributed by atoms with van der Waals surface area (Å²) >= 11 is 5.70. The van der Waals surface area contributed by atoms with Crippen LogP contribution in [0.1, 0.15) is 11.1 Å². The topological polar surface area (TPSA) is 12.5 Å². The monoisotopic (exact) mass is 213 g/mol. The summed E-state index contributed by atoms with van der Waals surface area (Å²) in [5.41, 5.74) is 2.42. The molecule has 0 amide bonds. The van der Waals surface area contributed by atoms with Crippen LogP contribution in [0.2, 0.25) is 0 Å². The fourth-order valence-corrected chi connectivity index (χ4v) is 1.48. The van der Waals surface area contributed by atoms with Crippen LogP contribution in [0.5, 0.6) is 5.75 Å². The zero-order valence-corrected chi connectivity index (χ0v) is 9.64. The van der Waals surface area contributed by atoms with E-state index in [9.17, 15) is 0 Å². The summed E-state index contributed by atoms with van der Waals surface area (Å²) in [5, 5.41) is 0. The molecule has 0 heterocycles. The minimum absolute atomic E-state index is 0.547. The predicted octanol–water partition coefficient (Wildman–Crippen LogP) is 2.63. The molecule has 0 aliphatic heterocycles. The van der Waals surface area contributed by atoms with Gasteiger partial charge in [-0.3, -0.25) is 4.90 Å². The van der Waals surface area contributed by atoms with Crippen LogP contribution in [-0.4, -0.2) is 25.1 Å². The maximum atomic E-state index is 5.70. The molecule has 0 saturated carbocycles. The molecule has 0 spiro atoms.